The van der Waals surface area contributed by atoms with E-state index in [9.17, 15) is 14.0 Å². The van der Waals surface area contributed by atoms with Gasteiger partial charge in [-0.05, 0) is 54.9 Å². The maximum atomic E-state index is 13.3. The molecule has 0 spiro atoms. The van der Waals surface area contributed by atoms with Gasteiger partial charge in [0.1, 0.15) is 5.82 Å². The molecule has 0 radical (unpaired) electrons. The van der Waals surface area contributed by atoms with Gasteiger partial charge in [0.2, 0.25) is 0 Å². The Morgan fingerprint density at radius 3 is 2.63 bits per heavy atom. The Morgan fingerprint density at radius 2 is 1.90 bits per heavy atom. The lowest BCUT2D eigenvalue weighted by atomic mass is 10.0. The summed E-state index contributed by atoms with van der Waals surface area (Å²) in [5.74, 6) is 0.728. The number of rotatable bonds is 4. The van der Waals surface area contributed by atoms with Crippen molar-refractivity contribution in [3.8, 4) is 11.3 Å². The second kappa shape index (κ2) is 6.22. The highest BCUT2D eigenvalue weighted by Gasteiger charge is 2.42. The summed E-state index contributed by atoms with van der Waals surface area (Å²) in [5.41, 5.74) is 3.69. The van der Waals surface area contributed by atoms with Crippen molar-refractivity contribution in [1.29, 1.82) is 0 Å². The van der Waals surface area contributed by atoms with Gasteiger partial charge in [0.15, 0.2) is 5.65 Å². The number of fused-ring (bicyclic) bond motifs is 1. The first-order valence-corrected chi connectivity index (χ1v) is 10.0. The van der Waals surface area contributed by atoms with Gasteiger partial charge in [0.25, 0.3) is 5.56 Å². The lowest BCUT2D eigenvalue weighted by Gasteiger charge is -2.07. The maximum Gasteiger partial charge on any atom is 0.325 e. The summed E-state index contributed by atoms with van der Waals surface area (Å²) < 4.78 is 15.1. The van der Waals surface area contributed by atoms with Crippen LogP contribution in [-0.4, -0.2) is 24.6 Å². The molecule has 2 fully saturated rings. The van der Waals surface area contributed by atoms with Crippen molar-refractivity contribution < 1.29 is 4.39 Å². The molecule has 7 nitrogen and oxygen atoms in total. The fourth-order valence-corrected chi connectivity index (χ4v) is 4.22. The number of hydrogen-bond acceptors (Lipinski definition) is 4. The summed E-state index contributed by atoms with van der Waals surface area (Å²) in [6.45, 7) is 0. The molecule has 2 unspecified atom stereocenters. The quantitative estimate of drug-likeness (QED) is 0.547. The van der Waals surface area contributed by atoms with Crippen LogP contribution >= 0.6 is 0 Å². The minimum Gasteiger partial charge on any atom is -0.313 e. The first-order valence-electron chi connectivity index (χ1n) is 10.0. The van der Waals surface area contributed by atoms with Gasteiger partial charge in [-0.1, -0.05) is 12.1 Å². The summed E-state index contributed by atoms with van der Waals surface area (Å²) in [5, 5.41) is 4.61. The van der Waals surface area contributed by atoms with Crippen LogP contribution in [0, 0.1) is 5.82 Å². The Labute approximate surface area is 169 Å². The molecule has 0 bridgehead atoms. The van der Waals surface area contributed by atoms with Crippen molar-refractivity contribution in [2.45, 2.75) is 37.0 Å². The largest absolute Gasteiger partial charge is 0.325 e. The number of H-pyrrole nitrogens is 2. The average molecular weight is 403 g/mol. The number of imidazole rings is 1. The van der Waals surface area contributed by atoms with Crippen LogP contribution in [-0.2, 0) is 0 Å². The zero-order chi connectivity index (χ0) is 20.4. The van der Waals surface area contributed by atoms with Crippen LogP contribution < -0.4 is 11.2 Å². The van der Waals surface area contributed by atoms with Crippen molar-refractivity contribution >= 4 is 5.65 Å². The van der Waals surface area contributed by atoms with E-state index in [1.807, 2.05) is 24.4 Å². The molecule has 0 saturated heterocycles. The molecule has 3 aromatic heterocycles. The molecule has 2 aliphatic carbocycles. The van der Waals surface area contributed by atoms with Crippen LogP contribution in [0.5, 0.6) is 0 Å². The number of nitrogens with one attached hydrogen (secondary N) is 2. The molecule has 0 amide bonds. The monoisotopic (exact) mass is 403 g/mol. The van der Waals surface area contributed by atoms with Crippen LogP contribution in [0.2, 0.25) is 0 Å². The SMILES string of the molecule is O=c1[nH]cc(-c2cc(C3CC3c3ccc(F)cc3)c3nc(C4CC4)cn3n2)c(=O)[nH]1. The molecule has 2 atom stereocenters. The Balaban J connectivity index is 1.48. The second-order valence-corrected chi connectivity index (χ2v) is 8.18. The van der Waals surface area contributed by atoms with Crippen LogP contribution in [0.3, 0.4) is 0 Å². The van der Waals surface area contributed by atoms with Crippen molar-refractivity contribution in [2.75, 3.05) is 0 Å². The van der Waals surface area contributed by atoms with Gasteiger partial charge >= 0.3 is 5.69 Å². The number of halogens is 1. The molecule has 30 heavy (non-hydrogen) atoms. The number of nitrogens with zero attached hydrogens (tertiary/aromatic N) is 3. The van der Waals surface area contributed by atoms with E-state index in [2.05, 4.69) is 15.1 Å². The first-order chi connectivity index (χ1) is 14.6. The van der Waals surface area contributed by atoms with E-state index in [1.165, 1.54) is 18.3 Å². The van der Waals surface area contributed by atoms with E-state index in [0.29, 0.717) is 17.2 Å². The summed E-state index contributed by atoms with van der Waals surface area (Å²) in [7, 11) is 0. The van der Waals surface area contributed by atoms with Crippen molar-refractivity contribution in [3.05, 3.63) is 86.2 Å². The molecule has 8 heteroatoms. The van der Waals surface area contributed by atoms with Gasteiger partial charge in [-0.15, -0.1) is 0 Å². The Bertz CT molecular complexity index is 1400. The van der Waals surface area contributed by atoms with Gasteiger partial charge in [-0.3, -0.25) is 9.78 Å². The minimum absolute atomic E-state index is 0.219. The smallest absolute Gasteiger partial charge is 0.313 e. The normalized spacial score (nSPS) is 20.6. The number of benzene rings is 1. The molecule has 6 rings (SSSR count). The maximum absolute atomic E-state index is 13.3. The molecule has 4 aromatic rings. The summed E-state index contributed by atoms with van der Waals surface area (Å²) in [6.07, 6.45) is 6.52. The highest BCUT2D eigenvalue weighted by atomic mass is 19.1. The topological polar surface area (TPSA) is 95.9 Å². The molecule has 2 aliphatic rings. The summed E-state index contributed by atoms with van der Waals surface area (Å²) in [4.78, 5) is 33.4. The zero-order valence-corrected chi connectivity index (χ0v) is 15.9. The summed E-state index contributed by atoms with van der Waals surface area (Å²) in [6, 6.07) is 8.52. The molecular weight excluding hydrogens is 385 g/mol. The predicted molar refractivity (Wildman–Crippen MR) is 108 cm³/mol. The van der Waals surface area contributed by atoms with Crippen molar-refractivity contribution in [3.63, 3.8) is 0 Å². The zero-order valence-electron chi connectivity index (χ0n) is 15.9. The third-order valence-electron chi connectivity index (χ3n) is 6.05. The number of hydrogen-bond donors (Lipinski definition) is 2. The Morgan fingerprint density at radius 1 is 1.10 bits per heavy atom. The predicted octanol–water partition coefficient (Wildman–Crippen LogP) is 3.06. The van der Waals surface area contributed by atoms with E-state index in [1.54, 1.807) is 4.52 Å². The minimum atomic E-state index is -0.553. The fourth-order valence-electron chi connectivity index (χ4n) is 4.22. The molecular formula is C22H18FN5O2. The highest BCUT2D eigenvalue weighted by molar-refractivity contribution is 5.64. The highest BCUT2D eigenvalue weighted by Crippen LogP contribution is 2.55. The number of aromatic nitrogens is 5. The lowest BCUT2D eigenvalue weighted by Crippen LogP contribution is -2.23. The van der Waals surface area contributed by atoms with Crippen molar-refractivity contribution in [1.82, 2.24) is 24.6 Å². The third-order valence-corrected chi connectivity index (χ3v) is 6.05. The molecule has 2 saturated carbocycles. The van der Waals surface area contributed by atoms with Crippen molar-refractivity contribution in [2.24, 2.45) is 0 Å². The van der Waals surface area contributed by atoms with E-state index < -0.39 is 11.2 Å². The molecule has 150 valence electrons. The third kappa shape index (κ3) is 2.87. The van der Waals surface area contributed by atoms with Crippen LogP contribution in [0.15, 0.2) is 52.3 Å². The first kappa shape index (κ1) is 17.3. The van der Waals surface area contributed by atoms with Crippen LogP contribution in [0.4, 0.5) is 4.39 Å². The summed E-state index contributed by atoms with van der Waals surface area (Å²) >= 11 is 0. The van der Waals surface area contributed by atoms with Gasteiger partial charge in [-0.2, -0.15) is 5.10 Å². The Hall–Kier alpha value is -3.55. The average Bonchev–Trinajstić information content (AvgIpc) is 3.65. The molecule has 3 heterocycles. The molecule has 0 aliphatic heterocycles. The second-order valence-electron chi connectivity index (χ2n) is 8.18. The van der Waals surface area contributed by atoms with Gasteiger partial charge in [-0.25, -0.2) is 18.7 Å². The van der Waals surface area contributed by atoms with Crippen LogP contribution in [0.1, 0.15) is 53.8 Å². The van der Waals surface area contributed by atoms with Gasteiger partial charge in [0.05, 0.1) is 23.1 Å². The molecule has 2 N–H and O–H groups in total. The standard InChI is InChI=1S/C22H18FN5O2/c23-13-5-3-11(4-6-13)14-7-15(14)16-8-18(17-9-24-22(30)26-21(17)29)27-28-10-19(12-1-2-12)25-20(16)28/h3-6,8-10,12,14-15H,1-2,7H2,(H2,24,26,29,30). The number of aromatic amines is 2. The van der Waals surface area contributed by atoms with Gasteiger partial charge < -0.3 is 4.98 Å². The van der Waals surface area contributed by atoms with E-state index in [-0.39, 0.29) is 17.7 Å². The Kier molecular flexibility index (Phi) is 3.59. The van der Waals surface area contributed by atoms with E-state index in [0.717, 1.165) is 41.7 Å². The van der Waals surface area contributed by atoms with E-state index >= 15 is 0 Å². The lowest BCUT2D eigenvalue weighted by molar-refractivity contribution is 0.627. The fraction of sp³-hybridized carbons (Fsp3) is 0.273. The molecule has 1 aromatic carbocycles. The van der Waals surface area contributed by atoms with E-state index in [4.69, 9.17) is 4.98 Å². The van der Waals surface area contributed by atoms with Crippen LogP contribution in [0.25, 0.3) is 16.9 Å². The van der Waals surface area contributed by atoms with Gasteiger partial charge in [0, 0.05) is 17.7 Å².